The topological polar surface area (TPSA) is 55.1 Å². The van der Waals surface area contributed by atoms with Gasteiger partial charge in [0.15, 0.2) is 0 Å². The van der Waals surface area contributed by atoms with Crippen molar-refractivity contribution in [2.24, 2.45) is 0 Å². The lowest BCUT2D eigenvalue weighted by Gasteiger charge is -1.90. The van der Waals surface area contributed by atoms with E-state index in [2.05, 4.69) is 5.10 Å². The van der Waals surface area contributed by atoms with Gasteiger partial charge in [-0.05, 0) is 6.08 Å². The van der Waals surface area contributed by atoms with Crippen molar-refractivity contribution in [3.05, 3.63) is 30.4 Å². The molecule has 0 aliphatic heterocycles. The van der Waals surface area contributed by atoms with E-state index >= 15 is 0 Å². The van der Waals surface area contributed by atoms with Crippen LogP contribution in [-0.2, 0) is 6.54 Å². The Bertz CT molecular complexity index is 306. The third kappa shape index (κ3) is 1.91. The van der Waals surface area contributed by atoms with Crippen molar-refractivity contribution >= 4 is 5.97 Å². The Morgan fingerprint density at radius 2 is 2.58 bits per heavy atom. The van der Waals surface area contributed by atoms with Crippen LogP contribution in [-0.4, -0.2) is 20.9 Å². The average molecular weight is 170 g/mol. The van der Waals surface area contributed by atoms with E-state index in [-0.39, 0.29) is 12.1 Å². The lowest BCUT2D eigenvalue weighted by atomic mass is 10.4. The minimum absolute atomic E-state index is 0.0993. The second-order valence-corrected chi connectivity index (χ2v) is 2.12. The second kappa shape index (κ2) is 3.66. The Morgan fingerprint density at radius 1 is 1.83 bits per heavy atom. The molecule has 0 amide bonds. The first-order chi connectivity index (χ1) is 5.74. The summed E-state index contributed by atoms with van der Waals surface area (Å²) in [6, 6.07) is 0. The molecule has 4 nitrogen and oxygen atoms in total. The molecule has 12 heavy (non-hydrogen) atoms. The van der Waals surface area contributed by atoms with Crippen LogP contribution in [0.2, 0.25) is 0 Å². The molecule has 0 saturated carbocycles. The number of allylic oxidation sites excluding steroid dienone is 1. The van der Waals surface area contributed by atoms with Gasteiger partial charge in [0.25, 0.3) is 0 Å². The molecule has 64 valence electrons. The highest BCUT2D eigenvalue weighted by Crippen LogP contribution is 1.97. The van der Waals surface area contributed by atoms with Crippen LogP contribution in [0.25, 0.3) is 0 Å². The maximum absolute atomic E-state index is 11.5. The zero-order valence-corrected chi connectivity index (χ0v) is 6.14. The Balaban J connectivity index is 2.70. The van der Waals surface area contributed by atoms with Crippen LogP contribution in [0.1, 0.15) is 10.4 Å². The van der Waals surface area contributed by atoms with Crippen LogP contribution in [0, 0.1) is 0 Å². The lowest BCUT2D eigenvalue weighted by molar-refractivity contribution is 0.0697. The van der Waals surface area contributed by atoms with Gasteiger partial charge in [-0.3, -0.25) is 4.68 Å². The summed E-state index contributed by atoms with van der Waals surface area (Å²) < 4.78 is 12.8. The third-order valence-corrected chi connectivity index (χ3v) is 1.26. The Morgan fingerprint density at radius 3 is 3.08 bits per heavy atom. The van der Waals surface area contributed by atoms with Crippen molar-refractivity contribution in [1.82, 2.24) is 9.78 Å². The predicted molar refractivity (Wildman–Crippen MR) is 39.4 cm³/mol. The molecular weight excluding hydrogens is 163 g/mol. The number of halogens is 1. The summed E-state index contributed by atoms with van der Waals surface area (Å²) in [5, 5.41) is 12.2. The number of hydrogen-bond donors (Lipinski definition) is 1. The molecule has 0 bridgehead atoms. The quantitative estimate of drug-likeness (QED) is 0.738. The summed E-state index contributed by atoms with van der Waals surface area (Å²) in [6.07, 6.45) is 4.18. The van der Waals surface area contributed by atoms with Crippen LogP contribution < -0.4 is 0 Å². The van der Waals surface area contributed by atoms with Crippen molar-refractivity contribution < 1.29 is 14.3 Å². The summed E-state index contributed by atoms with van der Waals surface area (Å²) in [5.74, 6) is -1.04. The van der Waals surface area contributed by atoms with Crippen LogP contribution in [0.5, 0.6) is 0 Å². The maximum atomic E-state index is 11.5. The molecule has 0 fully saturated rings. The Hall–Kier alpha value is -1.65. The van der Waals surface area contributed by atoms with E-state index < -0.39 is 5.97 Å². The lowest BCUT2D eigenvalue weighted by Crippen LogP contribution is -1.96. The smallest absolute Gasteiger partial charge is 0.338 e. The second-order valence-electron chi connectivity index (χ2n) is 2.12. The van der Waals surface area contributed by atoms with Crippen LogP contribution in [0.3, 0.4) is 0 Å². The van der Waals surface area contributed by atoms with Gasteiger partial charge >= 0.3 is 5.97 Å². The molecule has 0 radical (unpaired) electrons. The maximum Gasteiger partial charge on any atom is 0.338 e. The van der Waals surface area contributed by atoms with Gasteiger partial charge in [-0.15, -0.1) is 0 Å². The first kappa shape index (κ1) is 8.45. The van der Waals surface area contributed by atoms with Crippen LogP contribution in [0.15, 0.2) is 24.8 Å². The minimum atomic E-state index is -1.04. The molecule has 1 aromatic rings. The van der Waals surface area contributed by atoms with E-state index in [0.29, 0.717) is 6.33 Å². The van der Waals surface area contributed by atoms with Gasteiger partial charge in [-0.25, -0.2) is 9.18 Å². The average Bonchev–Trinajstić information content (AvgIpc) is 2.48. The fraction of sp³-hybridized carbons (Fsp3) is 0.143. The highest BCUT2D eigenvalue weighted by molar-refractivity contribution is 5.86. The van der Waals surface area contributed by atoms with Gasteiger partial charge in [0.2, 0.25) is 0 Å². The fourth-order valence-corrected chi connectivity index (χ4v) is 0.722. The van der Waals surface area contributed by atoms with Crippen LogP contribution in [0.4, 0.5) is 4.39 Å². The van der Waals surface area contributed by atoms with Crippen molar-refractivity contribution in [3.8, 4) is 0 Å². The summed E-state index contributed by atoms with van der Waals surface area (Å²) in [6.45, 7) is 0.240. The Kier molecular flexibility index (Phi) is 2.57. The zero-order valence-electron chi connectivity index (χ0n) is 6.14. The summed E-state index contributed by atoms with van der Waals surface area (Å²) in [7, 11) is 0. The minimum Gasteiger partial charge on any atom is -0.478 e. The number of carbonyl (C=O) groups is 1. The molecule has 0 aromatic carbocycles. The van der Waals surface area contributed by atoms with Crippen LogP contribution >= 0.6 is 0 Å². The molecule has 0 saturated heterocycles. The molecule has 1 heterocycles. The normalized spacial score (nSPS) is 10.8. The zero-order chi connectivity index (χ0) is 8.97. The summed E-state index contributed by atoms with van der Waals surface area (Å²) in [5.41, 5.74) is 0.0993. The summed E-state index contributed by atoms with van der Waals surface area (Å²) in [4.78, 5) is 10.3. The standard InChI is InChI=1S/C7H7FN2O2/c8-2-1-3-10-5-6(4-9-10)7(11)12/h1-2,4-5H,3H2,(H,11,12). The first-order valence-electron chi connectivity index (χ1n) is 3.25. The molecule has 1 N–H and O–H groups in total. The highest BCUT2D eigenvalue weighted by atomic mass is 19.1. The number of aromatic carboxylic acids is 1. The summed E-state index contributed by atoms with van der Waals surface area (Å²) >= 11 is 0. The molecule has 1 rings (SSSR count). The molecule has 0 atom stereocenters. The molecule has 0 aliphatic rings. The number of rotatable bonds is 3. The van der Waals surface area contributed by atoms with E-state index in [1.165, 1.54) is 23.2 Å². The van der Waals surface area contributed by atoms with E-state index in [0.717, 1.165) is 0 Å². The number of carboxylic acid groups (broad SMARTS) is 1. The van der Waals surface area contributed by atoms with Gasteiger partial charge < -0.3 is 5.11 Å². The Labute approximate surface area is 67.9 Å². The molecule has 1 aromatic heterocycles. The van der Waals surface area contributed by atoms with Gasteiger partial charge in [-0.2, -0.15) is 5.10 Å². The monoisotopic (exact) mass is 170 g/mol. The van der Waals surface area contributed by atoms with E-state index in [1.807, 2.05) is 0 Å². The van der Waals surface area contributed by atoms with E-state index in [9.17, 15) is 9.18 Å². The number of aromatic nitrogens is 2. The largest absolute Gasteiger partial charge is 0.478 e. The first-order valence-corrected chi connectivity index (χ1v) is 3.25. The highest BCUT2D eigenvalue weighted by Gasteiger charge is 2.03. The SMILES string of the molecule is O=C(O)c1cnn(CC=CF)c1. The molecule has 0 spiro atoms. The van der Waals surface area contributed by atoms with E-state index in [4.69, 9.17) is 5.11 Å². The van der Waals surface area contributed by atoms with Gasteiger partial charge in [-0.1, -0.05) is 0 Å². The van der Waals surface area contributed by atoms with Gasteiger partial charge in [0.05, 0.1) is 24.6 Å². The van der Waals surface area contributed by atoms with Crippen molar-refractivity contribution in [1.29, 1.82) is 0 Å². The predicted octanol–water partition coefficient (Wildman–Crippen LogP) is 1.06. The fourth-order valence-electron chi connectivity index (χ4n) is 0.722. The van der Waals surface area contributed by atoms with Crippen molar-refractivity contribution in [3.63, 3.8) is 0 Å². The molecule has 5 heteroatoms. The van der Waals surface area contributed by atoms with Crippen molar-refractivity contribution in [2.75, 3.05) is 0 Å². The number of carboxylic acids is 1. The number of nitrogens with zero attached hydrogens (tertiary/aromatic N) is 2. The molecule has 0 aliphatic carbocycles. The number of hydrogen-bond acceptors (Lipinski definition) is 2. The van der Waals surface area contributed by atoms with Gasteiger partial charge in [0, 0.05) is 6.20 Å². The third-order valence-electron chi connectivity index (χ3n) is 1.26. The van der Waals surface area contributed by atoms with Crippen molar-refractivity contribution in [2.45, 2.75) is 6.54 Å². The van der Waals surface area contributed by atoms with Gasteiger partial charge in [0.1, 0.15) is 0 Å². The molecule has 0 unspecified atom stereocenters. The van der Waals surface area contributed by atoms with E-state index in [1.54, 1.807) is 0 Å². The molecular formula is C7H7FN2O2.